The highest BCUT2D eigenvalue weighted by atomic mass is 16.5. The smallest absolute Gasteiger partial charge is 0.151 e. The van der Waals surface area contributed by atoms with Crippen molar-refractivity contribution in [2.45, 2.75) is 19.7 Å². The lowest BCUT2D eigenvalue weighted by atomic mass is 10.2. The average Bonchev–Trinajstić information content (AvgIpc) is 3.23. The van der Waals surface area contributed by atoms with Crippen molar-refractivity contribution >= 4 is 0 Å². The van der Waals surface area contributed by atoms with Crippen LogP contribution in [0.15, 0.2) is 83.6 Å². The van der Waals surface area contributed by atoms with E-state index in [0.29, 0.717) is 13.2 Å². The summed E-state index contributed by atoms with van der Waals surface area (Å²) in [6, 6.07) is 21.6. The van der Waals surface area contributed by atoms with Gasteiger partial charge in [-0.15, -0.1) is 0 Å². The van der Waals surface area contributed by atoms with Crippen molar-refractivity contribution in [3.63, 3.8) is 0 Å². The molecule has 0 aliphatic heterocycles. The van der Waals surface area contributed by atoms with Crippen molar-refractivity contribution in [3.8, 4) is 17.1 Å². The Bertz CT molecular complexity index is 1020. The predicted octanol–water partition coefficient (Wildman–Crippen LogP) is 4.34. The van der Waals surface area contributed by atoms with Crippen molar-refractivity contribution < 1.29 is 9.26 Å². The highest BCUT2D eigenvalue weighted by molar-refractivity contribution is 5.52. The number of hydrogen-bond acceptors (Lipinski definition) is 6. The van der Waals surface area contributed by atoms with Crippen LogP contribution in [0.3, 0.4) is 0 Å². The first-order valence-electron chi connectivity index (χ1n) is 9.43. The van der Waals surface area contributed by atoms with Crippen molar-refractivity contribution in [3.05, 3.63) is 96.1 Å². The largest absolute Gasteiger partial charge is 0.487 e. The highest BCUT2D eigenvalue weighted by Crippen LogP contribution is 2.19. The minimum Gasteiger partial charge on any atom is -0.487 e. The minimum absolute atomic E-state index is 0.462. The molecule has 0 aliphatic carbocycles. The monoisotopic (exact) mass is 386 g/mol. The van der Waals surface area contributed by atoms with Gasteiger partial charge in [-0.3, -0.25) is 14.9 Å². The van der Waals surface area contributed by atoms with E-state index in [4.69, 9.17) is 9.26 Å². The maximum Gasteiger partial charge on any atom is 0.151 e. The molecular weight excluding hydrogens is 364 g/mol. The lowest BCUT2D eigenvalue weighted by Crippen LogP contribution is -2.16. The minimum atomic E-state index is 0.462. The summed E-state index contributed by atoms with van der Waals surface area (Å²) in [7, 11) is 2.05. The molecule has 1 aromatic carbocycles. The first-order valence-corrected chi connectivity index (χ1v) is 9.43. The van der Waals surface area contributed by atoms with Crippen molar-refractivity contribution in [2.24, 2.45) is 0 Å². The Labute approximate surface area is 169 Å². The maximum atomic E-state index is 5.79. The van der Waals surface area contributed by atoms with Crippen LogP contribution in [0.5, 0.6) is 5.75 Å². The quantitative estimate of drug-likeness (QED) is 0.449. The van der Waals surface area contributed by atoms with Gasteiger partial charge in [0.2, 0.25) is 0 Å². The maximum absolute atomic E-state index is 5.79. The second-order valence-corrected chi connectivity index (χ2v) is 6.82. The molecule has 6 heteroatoms. The second kappa shape index (κ2) is 9.12. The fourth-order valence-corrected chi connectivity index (χ4v) is 2.99. The summed E-state index contributed by atoms with van der Waals surface area (Å²) in [5, 5.41) is 4.12. The van der Waals surface area contributed by atoms with E-state index in [0.717, 1.165) is 35.1 Å². The zero-order valence-electron chi connectivity index (χ0n) is 16.2. The first kappa shape index (κ1) is 18.8. The van der Waals surface area contributed by atoms with Gasteiger partial charge in [-0.2, -0.15) is 0 Å². The summed E-state index contributed by atoms with van der Waals surface area (Å²) in [6.07, 6.45) is 3.52. The van der Waals surface area contributed by atoms with Crippen molar-refractivity contribution in [1.29, 1.82) is 0 Å². The van der Waals surface area contributed by atoms with Crippen LogP contribution < -0.4 is 4.74 Å². The number of nitrogens with zero attached hydrogens (tertiary/aromatic N) is 4. The lowest BCUT2D eigenvalue weighted by Gasteiger charge is -2.15. The molecule has 0 saturated carbocycles. The van der Waals surface area contributed by atoms with E-state index in [9.17, 15) is 0 Å². The third-order valence-corrected chi connectivity index (χ3v) is 4.40. The number of aromatic nitrogens is 3. The summed E-state index contributed by atoms with van der Waals surface area (Å²) >= 11 is 0. The average molecular weight is 386 g/mol. The molecule has 4 rings (SSSR count). The van der Waals surface area contributed by atoms with Crippen molar-refractivity contribution in [1.82, 2.24) is 20.0 Å². The molecule has 146 valence electrons. The van der Waals surface area contributed by atoms with Gasteiger partial charge in [0.15, 0.2) is 5.76 Å². The van der Waals surface area contributed by atoms with E-state index < -0.39 is 0 Å². The van der Waals surface area contributed by atoms with Gasteiger partial charge in [-0.1, -0.05) is 29.4 Å². The Morgan fingerprint density at radius 1 is 0.862 bits per heavy atom. The number of rotatable bonds is 8. The molecule has 0 fully saturated rings. The summed E-state index contributed by atoms with van der Waals surface area (Å²) < 4.78 is 11.3. The van der Waals surface area contributed by atoms with Crippen LogP contribution in [0.2, 0.25) is 0 Å². The van der Waals surface area contributed by atoms with Crippen molar-refractivity contribution in [2.75, 3.05) is 7.05 Å². The number of benzene rings is 1. The summed E-state index contributed by atoms with van der Waals surface area (Å²) in [5.41, 5.74) is 3.67. The Kier molecular flexibility index (Phi) is 5.92. The molecule has 6 nitrogen and oxygen atoms in total. The van der Waals surface area contributed by atoms with E-state index in [1.807, 2.05) is 54.6 Å². The molecule has 29 heavy (non-hydrogen) atoms. The molecule has 0 bridgehead atoms. The number of pyridine rings is 2. The molecule has 0 radical (unpaired) electrons. The zero-order chi connectivity index (χ0) is 19.9. The van der Waals surface area contributed by atoms with Gasteiger partial charge in [0.25, 0.3) is 0 Å². The molecule has 0 unspecified atom stereocenters. The third-order valence-electron chi connectivity index (χ3n) is 4.40. The van der Waals surface area contributed by atoms with Gasteiger partial charge in [-0.05, 0) is 49.0 Å². The topological polar surface area (TPSA) is 64.3 Å². The molecule has 0 atom stereocenters. The molecular formula is C23H22N4O2. The van der Waals surface area contributed by atoms with Crippen LogP contribution in [0, 0.1) is 0 Å². The van der Waals surface area contributed by atoms with Crippen LogP contribution >= 0.6 is 0 Å². The molecule has 4 aromatic rings. The Morgan fingerprint density at radius 3 is 2.38 bits per heavy atom. The van der Waals surface area contributed by atoms with Crippen LogP contribution in [-0.4, -0.2) is 27.1 Å². The summed E-state index contributed by atoms with van der Waals surface area (Å²) in [5.74, 6) is 1.64. The summed E-state index contributed by atoms with van der Waals surface area (Å²) in [4.78, 5) is 10.7. The van der Waals surface area contributed by atoms with Gasteiger partial charge in [0.05, 0.1) is 17.9 Å². The third kappa shape index (κ3) is 5.27. The lowest BCUT2D eigenvalue weighted by molar-refractivity contribution is 0.266. The highest BCUT2D eigenvalue weighted by Gasteiger charge is 2.10. The normalized spacial score (nSPS) is 11.0. The van der Waals surface area contributed by atoms with Crippen LogP contribution in [0.1, 0.15) is 17.0 Å². The molecule has 3 heterocycles. The van der Waals surface area contributed by atoms with Gasteiger partial charge in [-0.25, -0.2) is 0 Å². The predicted molar refractivity (Wildman–Crippen MR) is 110 cm³/mol. The molecule has 0 spiro atoms. The van der Waals surface area contributed by atoms with E-state index in [1.54, 1.807) is 12.4 Å². The Hall–Kier alpha value is -3.51. The Morgan fingerprint density at radius 2 is 1.66 bits per heavy atom. The van der Waals surface area contributed by atoms with E-state index >= 15 is 0 Å². The second-order valence-electron chi connectivity index (χ2n) is 6.82. The zero-order valence-corrected chi connectivity index (χ0v) is 16.2. The van der Waals surface area contributed by atoms with Gasteiger partial charge < -0.3 is 9.26 Å². The number of ether oxygens (including phenoxy) is 1. The van der Waals surface area contributed by atoms with Crippen LogP contribution in [0.4, 0.5) is 0 Å². The number of hydrogen-bond donors (Lipinski definition) is 0. The first-order chi connectivity index (χ1) is 14.3. The molecule has 0 saturated heterocycles. The summed E-state index contributed by atoms with van der Waals surface area (Å²) in [6.45, 7) is 1.92. The molecule has 0 aliphatic rings. The fourth-order valence-electron chi connectivity index (χ4n) is 2.99. The fraction of sp³-hybridized carbons (Fsp3) is 0.174. The van der Waals surface area contributed by atoms with Crippen LogP contribution in [0.25, 0.3) is 11.4 Å². The van der Waals surface area contributed by atoms with Crippen LogP contribution in [-0.2, 0) is 19.7 Å². The molecule has 3 aromatic heterocycles. The van der Waals surface area contributed by atoms with E-state index in [1.165, 1.54) is 5.56 Å². The van der Waals surface area contributed by atoms with E-state index in [-0.39, 0.29) is 0 Å². The molecule has 0 N–H and O–H groups in total. The van der Waals surface area contributed by atoms with E-state index in [2.05, 4.69) is 39.2 Å². The van der Waals surface area contributed by atoms with Gasteiger partial charge in [0.1, 0.15) is 18.1 Å². The molecule has 0 amide bonds. The SMILES string of the molecule is CN(Cc1ccc(OCc2ccccn2)cc1)Cc1cc(-c2ccccn2)no1. The standard InChI is InChI=1S/C23H22N4O2/c1-27(16-21-14-23(26-29-21)22-7-3-5-13-25-22)15-18-8-10-20(11-9-18)28-17-19-6-2-4-12-24-19/h2-14H,15-17H2,1H3. The van der Waals surface area contributed by atoms with Gasteiger partial charge >= 0.3 is 0 Å². The Balaban J connectivity index is 1.29. The van der Waals surface area contributed by atoms with Gasteiger partial charge in [0, 0.05) is 25.0 Å².